The molecule has 0 heterocycles. The quantitative estimate of drug-likeness (QED) is 0.636. The van der Waals surface area contributed by atoms with Gasteiger partial charge in [0.05, 0.1) is 5.78 Å². The summed E-state index contributed by atoms with van der Waals surface area (Å²) < 4.78 is 10.8. The van der Waals surface area contributed by atoms with Crippen molar-refractivity contribution in [3.63, 3.8) is 0 Å². The fourth-order valence-corrected chi connectivity index (χ4v) is 1.75. The summed E-state index contributed by atoms with van der Waals surface area (Å²) in [5.74, 6) is 0.305. The highest BCUT2D eigenvalue weighted by Gasteiger charge is 2.19. The lowest BCUT2D eigenvalue weighted by molar-refractivity contribution is 0.468. The lowest BCUT2D eigenvalue weighted by Crippen LogP contribution is -2.20. The Morgan fingerprint density at radius 2 is 2.30 bits per heavy atom. The van der Waals surface area contributed by atoms with Gasteiger partial charge < -0.3 is 10.6 Å². The monoisotopic (exact) mass is 183 g/mol. The van der Waals surface area contributed by atoms with E-state index < -0.39 is 13.2 Å². The lowest BCUT2D eigenvalue weighted by Gasteiger charge is -2.13. The molecule has 0 spiro atoms. The van der Waals surface area contributed by atoms with Crippen molar-refractivity contribution in [3.05, 3.63) is 0 Å². The van der Waals surface area contributed by atoms with Crippen LogP contribution in [0.3, 0.4) is 0 Å². The maximum absolute atomic E-state index is 10.8. The molecule has 0 aliphatic rings. The molecule has 0 saturated carbocycles. The minimum atomic E-state index is -3.02. The second-order valence-electron chi connectivity index (χ2n) is 2.29. The Labute approximate surface area is 65.8 Å². The van der Waals surface area contributed by atoms with E-state index in [0.29, 0.717) is 6.42 Å². The average Bonchev–Trinajstić information content (AvgIpc) is 1.80. The van der Waals surface area contributed by atoms with E-state index >= 15 is 0 Å². The van der Waals surface area contributed by atoms with Crippen LogP contribution in [0.5, 0.6) is 0 Å². The molecule has 0 rings (SSSR count). The van der Waals surface area contributed by atoms with Gasteiger partial charge in [-0.05, 0) is 18.4 Å². The first-order valence-corrected chi connectivity index (χ1v) is 6.60. The minimum Gasteiger partial charge on any atom is -0.343 e. The minimum absolute atomic E-state index is 0.542. The summed E-state index contributed by atoms with van der Waals surface area (Å²) in [4.78, 5) is 8.93. The first-order valence-electron chi connectivity index (χ1n) is 3.03. The van der Waals surface area contributed by atoms with Crippen molar-refractivity contribution in [1.29, 1.82) is 0 Å². The Morgan fingerprint density at radius 3 is 2.60 bits per heavy atom. The zero-order valence-corrected chi connectivity index (χ0v) is 7.99. The molecule has 1 unspecified atom stereocenters. The Balaban J connectivity index is 3.63. The van der Waals surface area contributed by atoms with Gasteiger partial charge in [-0.25, -0.2) is 0 Å². The van der Waals surface area contributed by atoms with Crippen molar-refractivity contribution in [2.24, 2.45) is 5.73 Å². The van der Waals surface area contributed by atoms with Gasteiger partial charge in [0.2, 0.25) is 7.37 Å². The van der Waals surface area contributed by atoms with Gasteiger partial charge in [0.25, 0.3) is 0 Å². The van der Waals surface area contributed by atoms with Crippen molar-refractivity contribution >= 4 is 19.1 Å². The number of thioether (sulfide) groups is 1. The smallest absolute Gasteiger partial charge is 0.213 e. The second-order valence-corrected chi connectivity index (χ2v) is 5.83. The third kappa shape index (κ3) is 4.34. The van der Waals surface area contributed by atoms with Gasteiger partial charge in [0.1, 0.15) is 0 Å². The normalized spacial score (nSPS) is 20.0. The average molecular weight is 183 g/mol. The SMILES string of the molecule is CSCC[C@H](N)P(C)(=O)O. The second kappa shape index (κ2) is 4.39. The fraction of sp³-hybridized carbons (Fsp3) is 1.00. The van der Waals surface area contributed by atoms with Crippen LogP contribution in [-0.4, -0.2) is 29.3 Å². The highest BCUT2D eigenvalue weighted by Crippen LogP contribution is 2.40. The van der Waals surface area contributed by atoms with Gasteiger partial charge in [-0.2, -0.15) is 11.8 Å². The van der Waals surface area contributed by atoms with Crippen LogP contribution in [0.25, 0.3) is 0 Å². The molecule has 2 atom stereocenters. The Bertz CT molecular complexity index is 136. The third-order valence-corrected chi connectivity index (χ3v) is 3.37. The molecule has 0 aromatic heterocycles. The van der Waals surface area contributed by atoms with E-state index in [1.54, 1.807) is 11.8 Å². The molecule has 0 saturated heterocycles. The standard InChI is InChI=1S/C5H14NO2PS/c1-9(7,8)5(6)3-4-10-2/h5H,3-4,6H2,1-2H3,(H,7,8)/t5-/m1/s1. The van der Waals surface area contributed by atoms with E-state index in [1.807, 2.05) is 6.26 Å². The molecule has 0 aliphatic carbocycles. The third-order valence-electron chi connectivity index (χ3n) is 1.23. The van der Waals surface area contributed by atoms with Gasteiger partial charge in [-0.15, -0.1) is 0 Å². The fourth-order valence-electron chi connectivity index (χ4n) is 0.478. The van der Waals surface area contributed by atoms with Crippen molar-refractivity contribution in [2.45, 2.75) is 12.2 Å². The predicted molar refractivity (Wildman–Crippen MR) is 46.7 cm³/mol. The van der Waals surface area contributed by atoms with Gasteiger partial charge in [-0.1, -0.05) is 0 Å². The highest BCUT2D eigenvalue weighted by atomic mass is 32.2. The van der Waals surface area contributed by atoms with E-state index in [9.17, 15) is 4.57 Å². The van der Waals surface area contributed by atoms with Crippen molar-refractivity contribution in [3.8, 4) is 0 Å². The van der Waals surface area contributed by atoms with E-state index in [0.717, 1.165) is 5.75 Å². The maximum atomic E-state index is 10.8. The molecule has 10 heavy (non-hydrogen) atoms. The zero-order chi connectivity index (χ0) is 8.20. The van der Waals surface area contributed by atoms with Crippen LogP contribution in [0.1, 0.15) is 6.42 Å². The number of hydrogen-bond donors (Lipinski definition) is 2. The molecule has 0 aromatic rings. The largest absolute Gasteiger partial charge is 0.343 e. The Hall–Kier alpha value is 0.500. The van der Waals surface area contributed by atoms with Gasteiger partial charge in [0.15, 0.2) is 0 Å². The van der Waals surface area contributed by atoms with E-state index in [4.69, 9.17) is 10.6 Å². The summed E-state index contributed by atoms with van der Waals surface area (Å²) in [6, 6.07) is 0. The molecule has 0 radical (unpaired) electrons. The van der Waals surface area contributed by atoms with Crippen LogP contribution in [0.15, 0.2) is 0 Å². The van der Waals surface area contributed by atoms with Gasteiger partial charge in [-0.3, -0.25) is 4.57 Å². The van der Waals surface area contributed by atoms with Crippen molar-refractivity contribution < 1.29 is 9.46 Å². The first kappa shape index (κ1) is 10.5. The predicted octanol–water partition coefficient (Wildman–Crippen LogP) is 0.924. The van der Waals surface area contributed by atoms with E-state index in [2.05, 4.69) is 0 Å². The summed E-state index contributed by atoms with van der Waals surface area (Å²) in [5.41, 5.74) is 5.41. The van der Waals surface area contributed by atoms with Gasteiger partial charge >= 0.3 is 0 Å². The van der Waals surface area contributed by atoms with Crippen LogP contribution in [0.4, 0.5) is 0 Å². The summed E-state index contributed by atoms with van der Waals surface area (Å²) in [5, 5.41) is 0. The summed E-state index contributed by atoms with van der Waals surface area (Å²) in [7, 11) is -3.02. The molecule has 3 nitrogen and oxygen atoms in total. The molecule has 0 aliphatic heterocycles. The number of hydrogen-bond acceptors (Lipinski definition) is 3. The molecule has 0 bridgehead atoms. The summed E-state index contributed by atoms with van der Waals surface area (Å²) in [6.07, 6.45) is 2.57. The molecule has 0 fully saturated rings. The lowest BCUT2D eigenvalue weighted by atomic mass is 10.5. The van der Waals surface area contributed by atoms with Crippen LogP contribution in [0.2, 0.25) is 0 Å². The highest BCUT2D eigenvalue weighted by molar-refractivity contribution is 7.98. The number of nitrogens with two attached hydrogens (primary N) is 1. The van der Waals surface area contributed by atoms with Crippen LogP contribution in [-0.2, 0) is 4.57 Å². The van der Waals surface area contributed by atoms with Gasteiger partial charge in [0, 0.05) is 6.66 Å². The van der Waals surface area contributed by atoms with Crippen molar-refractivity contribution in [1.82, 2.24) is 0 Å². The molecular weight excluding hydrogens is 169 g/mol. The zero-order valence-electron chi connectivity index (χ0n) is 6.28. The molecular formula is C5H14NO2PS. The van der Waals surface area contributed by atoms with Crippen LogP contribution in [0, 0.1) is 0 Å². The topological polar surface area (TPSA) is 63.3 Å². The van der Waals surface area contributed by atoms with E-state index in [1.165, 1.54) is 6.66 Å². The van der Waals surface area contributed by atoms with Crippen LogP contribution < -0.4 is 5.73 Å². The molecule has 0 aromatic carbocycles. The molecule has 3 N–H and O–H groups in total. The Kier molecular flexibility index (Phi) is 4.61. The molecule has 62 valence electrons. The molecule has 0 amide bonds. The Morgan fingerprint density at radius 1 is 1.80 bits per heavy atom. The maximum Gasteiger partial charge on any atom is 0.213 e. The van der Waals surface area contributed by atoms with E-state index in [-0.39, 0.29) is 0 Å². The number of rotatable bonds is 4. The summed E-state index contributed by atoms with van der Waals surface area (Å²) >= 11 is 1.63. The molecule has 5 heteroatoms. The first-order chi connectivity index (χ1) is 4.48. The van der Waals surface area contributed by atoms with Crippen molar-refractivity contribution in [2.75, 3.05) is 18.7 Å². The summed E-state index contributed by atoms with van der Waals surface area (Å²) in [6.45, 7) is 1.30. The van der Waals surface area contributed by atoms with Crippen LogP contribution >= 0.6 is 19.1 Å².